The maximum absolute atomic E-state index is 13.7. The molecule has 1 fully saturated rings. The van der Waals surface area contributed by atoms with Gasteiger partial charge in [0.25, 0.3) is 0 Å². The van der Waals surface area contributed by atoms with E-state index in [2.05, 4.69) is 16.5 Å². The fraction of sp³-hybridized carbons (Fsp3) is 0.533. The van der Waals surface area contributed by atoms with Gasteiger partial charge in [0, 0.05) is 12.7 Å². The maximum Gasteiger partial charge on any atom is 0.128 e. The second kappa shape index (κ2) is 5.01. The summed E-state index contributed by atoms with van der Waals surface area (Å²) in [6.07, 6.45) is 2.10. The Bertz CT molecular complexity index is 647. The highest BCUT2D eigenvalue weighted by Crippen LogP contribution is 2.30. The summed E-state index contributed by atoms with van der Waals surface area (Å²) in [6.45, 7) is 5.38. The van der Waals surface area contributed by atoms with Crippen molar-refractivity contribution in [3.05, 3.63) is 29.3 Å². The number of hydrogen-bond donors (Lipinski definition) is 0. The molecular formula is C15H18ClFN2O. The average molecular weight is 297 g/mol. The van der Waals surface area contributed by atoms with Crippen LogP contribution in [0.3, 0.4) is 0 Å². The van der Waals surface area contributed by atoms with Crippen molar-refractivity contribution in [1.82, 2.24) is 9.55 Å². The van der Waals surface area contributed by atoms with E-state index in [9.17, 15) is 4.39 Å². The number of aryl methyl sites for hydroxylation is 1. The molecule has 3 rings (SSSR count). The molecule has 1 aromatic carbocycles. The van der Waals surface area contributed by atoms with Crippen LogP contribution < -0.4 is 0 Å². The number of fused-ring (bicyclic) bond motifs is 1. The third-order valence-electron chi connectivity index (χ3n) is 4.02. The molecule has 5 heteroatoms. The lowest BCUT2D eigenvalue weighted by Crippen LogP contribution is -2.30. The van der Waals surface area contributed by atoms with Crippen molar-refractivity contribution in [3.63, 3.8) is 0 Å². The van der Waals surface area contributed by atoms with Gasteiger partial charge in [0.1, 0.15) is 11.6 Å². The molecular weight excluding hydrogens is 279 g/mol. The van der Waals surface area contributed by atoms with Crippen LogP contribution in [0.1, 0.15) is 31.2 Å². The molecule has 0 bridgehead atoms. The lowest BCUT2D eigenvalue weighted by molar-refractivity contribution is 0.00661. The fourth-order valence-corrected chi connectivity index (χ4v) is 3.08. The molecule has 1 aliphatic heterocycles. The predicted molar refractivity (Wildman–Crippen MR) is 77.6 cm³/mol. The Morgan fingerprint density at radius 3 is 2.95 bits per heavy atom. The van der Waals surface area contributed by atoms with Crippen LogP contribution in [0.25, 0.3) is 11.0 Å². The molecule has 1 aromatic heterocycles. The van der Waals surface area contributed by atoms with Gasteiger partial charge in [-0.15, -0.1) is 11.6 Å². The topological polar surface area (TPSA) is 27.1 Å². The number of alkyl halides is 1. The molecule has 0 spiro atoms. The summed E-state index contributed by atoms with van der Waals surface area (Å²) in [6, 6.07) is 3.32. The molecule has 2 aromatic rings. The molecule has 3 nitrogen and oxygen atoms in total. The summed E-state index contributed by atoms with van der Waals surface area (Å²) in [5.41, 5.74) is 2.02. The van der Waals surface area contributed by atoms with E-state index in [1.807, 2.05) is 6.07 Å². The number of rotatable bonds is 3. The van der Waals surface area contributed by atoms with Crippen LogP contribution >= 0.6 is 11.6 Å². The smallest absolute Gasteiger partial charge is 0.128 e. The summed E-state index contributed by atoms with van der Waals surface area (Å²) in [4.78, 5) is 4.44. The minimum absolute atomic E-state index is 0.184. The first kappa shape index (κ1) is 13.8. The van der Waals surface area contributed by atoms with Gasteiger partial charge in [-0.3, -0.25) is 0 Å². The number of halogens is 2. The molecule has 1 aliphatic rings. The van der Waals surface area contributed by atoms with E-state index < -0.39 is 0 Å². The Labute approximate surface area is 122 Å². The highest BCUT2D eigenvalue weighted by molar-refractivity contribution is 6.16. The Balaban J connectivity index is 2.10. The lowest BCUT2D eigenvalue weighted by Gasteiger charge is -2.25. The zero-order valence-electron chi connectivity index (χ0n) is 11.7. The number of aromatic nitrogens is 2. The average Bonchev–Trinajstić information content (AvgIpc) is 2.96. The van der Waals surface area contributed by atoms with Gasteiger partial charge < -0.3 is 9.30 Å². The van der Waals surface area contributed by atoms with Gasteiger partial charge >= 0.3 is 0 Å². The molecule has 0 saturated carbocycles. The Hall–Kier alpha value is -1.13. The predicted octanol–water partition coefficient (Wildman–Crippen LogP) is 3.79. The summed E-state index contributed by atoms with van der Waals surface area (Å²) in [5, 5.41) is 0. The van der Waals surface area contributed by atoms with Gasteiger partial charge in [0.15, 0.2) is 0 Å². The minimum atomic E-state index is -0.230. The second-order valence-electron chi connectivity index (χ2n) is 5.74. The van der Waals surface area contributed by atoms with E-state index in [4.69, 9.17) is 16.3 Å². The van der Waals surface area contributed by atoms with Crippen molar-refractivity contribution in [2.75, 3.05) is 6.61 Å². The first-order chi connectivity index (χ1) is 9.52. The van der Waals surface area contributed by atoms with Crippen LogP contribution in [0.15, 0.2) is 12.1 Å². The normalized spacial score (nSPS) is 22.8. The van der Waals surface area contributed by atoms with E-state index in [1.165, 1.54) is 6.07 Å². The monoisotopic (exact) mass is 296 g/mol. The number of benzene rings is 1. The van der Waals surface area contributed by atoms with Gasteiger partial charge in [-0.05, 0) is 38.3 Å². The lowest BCUT2D eigenvalue weighted by atomic mass is 10.0. The highest BCUT2D eigenvalue weighted by Gasteiger charge is 2.31. The van der Waals surface area contributed by atoms with Crippen molar-refractivity contribution in [2.24, 2.45) is 0 Å². The molecule has 20 heavy (non-hydrogen) atoms. The van der Waals surface area contributed by atoms with Crippen molar-refractivity contribution < 1.29 is 9.13 Å². The SMILES string of the molecule is Cc1cc2c(cc1F)nc(CCl)n2CC1(C)CCCO1. The van der Waals surface area contributed by atoms with Crippen LogP contribution in [-0.4, -0.2) is 21.8 Å². The summed E-state index contributed by atoms with van der Waals surface area (Å²) < 4.78 is 21.6. The zero-order chi connectivity index (χ0) is 14.3. The molecule has 0 aliphatic carbocycles. The largest absolute Gasteiger partial charge is 0.373 e. The number of imidazole rings is 1. The van der Waals surface area contributed by atoms with Gasteiger partial charge in [-0.25, -0.2) is 9.37 Å². The first-order valence-corrected chi connectivity index (χ1v) is 7.41. The van der Waals surface area contributed by atoms with Gasteiger partial charge in [0.2, 0.25) is 0 Å². The van der Waals surface area contributed by atoms with Crippen LogP contribution in [0.2, 0.25) is 0 Å². The van der Waals surface area contributed by atoms with Crippen LogP contribution in [0.5, 0.6) is 0 Å². The second-order valence-corrected chi connectivity index (χ2v) is 6.01. The highest BCUT2D eigenvalue weighted by atomic mass is 35.5. The summed E-state index contributed by atoms with van der Waals surface area (Å²) in [7, 11) is 0. The quantitative estimate of drug-likeness (QED) is 0.806. The van der Waals surface area contributed by atoms with Gasteiger partial charge in [-0.2, -0.15) is 0 Å². The third-order valence-corrected chi connectivity index (χ3v) is 4.26. The van der Waals surface area contributed by atoms with E-state index in [0.717, 1.165) is 30.8 Å². The van der Waals surface area contributed by atoms with E-state index in [1.54, 1.807) is 6.92 Å². The maximum atomic E-state index is 13.7. The van der Waals surface area contributed by atoms with Crippen LogP contribution in [-0.2, 0) is 17.2 Å². The van der Waals surface area contributed by atoms with Crippen LogP contribution in [0.4, 0.5) is 4.39 Å². The van der Waals surface area contributed by atoms with E-state index >= 15 is 0 Å². The van der Waals surface area contributed by atoms with E-state index in [0.29, 0.717) is 23.5 Å². The minimum Gasteiger partial charge on any atom is -0.373 e. The molecule has 0 N–H and O–H groups in total. The summed E-state index contributed by atoms with van der Waals surface area (Å²) >= 11 is 6.00. The standard InChI is InChI=1S/C15H18ClFN2O/c1-10-6-13-12(7-11(10)17)18-14(8-16)19(13)9-15(2)4-3-5-20-15/h6-7H,3-5,8-9H2,1-2H3. The summed E-state index contributed by atoms with van der Waals surface area (Å²) in [5.74, 6) is 0.848. The first-order valence-electron chi connectivity index (χ1n) is 6.88. The molecule has 0 amide bonds. The fourth-order valence-electron chi connectivity index (χ4n) is 2.87. The molecule has 1 unspecified atom stereocenters. The molecule has 108 valence electrons. The van der Waals surface area contributed by atoms with Crippen molar-refractivity contribution in [1.29, 1.82) is 0 Å². The molecule has 2 heterocycles. The zero-order valence-corrected chi connectivity index (χ0v) is 12.5. The third kappa shape index (κ3) is 2.31. The number of ether oxygens (including phenoxy) is 1. The van der Waals surface area contributed by atoms with E-state index in [-0.39, 0.29) is 11.4 Å². The Morgan fingerprint density at radius 2 is 2.30 bits per heavy atom. The van der Waals surface area contributed by atoms with Crippen molar-refractivity contribution in [3.8, 4) is 0 Å². The van der Waals surface area contributed by atoms with Crippen LogP contribution in [0, 0.1) is 12.7 Å². The molecule has 1 saturated heterocycles. The Morgan fingerprint density at radius 1 is 1.50 bits per heavy atom. The number of hydrogen-bond acceptors (Lipinski definition) is 2. The number of nitrogens with zero attached hydrogens (tertiary/aromatic N) is 2. The Kier molecular flexibility index (Phi) is 3.46. The van der Waals surface area contributed by atoms with Gasteiger partial charge in [0.05, 0.1) is 29.1 Å². The molecule has 1 atom stereocenters. The molecule has 0 radical (unpaired) electrons. The van der Waals surface area contributed by atoms with Crippen molar-refractivity contribution in [2.45, 2.75) is 44.7 Å². The van der Waals surface area contributed by atoms with Crippen molar-refractivity contribution >= 4 is 22.6 Å². The van der Waals surface area contributed by atoms with Gasteiger partial charge in [-0.1, -0.05) is 0 Å².